The van der Waals surface area contributed by atoms with Crippen LogP contribution in [0.15, 0.2) is 194 Å². The summed E-state index contributed by atoms with van der Waals surface area (Å²) in [6, 6.07) is 70.8. The smallest absolute Gasteiger partial charge is 0.0492 e. The van der Waals surface area contributed by atoms with Gasteiger partial charge in [-0.3, -0.25) is 0 Å². The first-order valence-electron chi connectivity index (χ1n) is 22.3. The second-order valence-corrected chi connectivity index (χ2v) is 16.3. The summed E-state index contributed by atoms with van der Waals surface area (Å²) in [5.74, 6) is 0. The number of fused-ring (bicyclic) bond motifs is 6. The molecule has 0 aliphatic rings. The molecule has 4 nitrogen and oxygen atoms in total. The van der Waals surface area contributed by atoms with Crippen LogP contribution in [0, 0.1) is 0 Å². The van der Waals surface area contributed by atoms with Crippen molar-refractivity contribution < 1.29 is 0 Å². The lowest BCUT2D eigenvalue weighted by Crippen LogP contribution is -2.09. The van der Waals surface area contributed by atoms with Gasteiger partial charge >= 0.3 is 0 Å². The average Bonchev–Trinajstić information content (AvgIpc) is 3.82. The molecule has 0 bridgehead atoms. The number of aromatic nitrogens is 2. The van der Waals surface area contributed by atoms with Crippen molar-refractivity contribution in [3.8, 4) is 0 Å². The van der Waals surface area contributed by atoms with Crippen LogP contribution in [0.25, 0.3) is 55.8 Å². The van der Waals surface area contributed by atoms with E-state index >= 15 is 0 Å². The summed E-state index contributed by atoms with van der Waals surface area (Å²) in [6.07, 6.45) is 9.08. The molecule has 0 fully saturated rings. The Balaban J connectivity index is 0.937. The number of para-hydroxylation sites is 4. The van der Waals surface area contributed by atoms with Gasteiger partial charge in [0, 0.05) is 90.8 Å². The standard InChI is InChI=1S/C58H52N4/c1-3-5-39-59-55-23-15-13-21-51(55)53-41-49(35-37-57(53)59)61(45-17-9-7-10-18-45)47-31-27-43(28-32-47)25-26-44-29-33-48(34-30-44)62(46-19-11-8-12-20-46)50-36-38-58-54(42-50)52-22-14-16-24-56(52)60(58)40-6-4-2/h7-38,41-42H,3-6,39-40H2,1-2H3/b26-25+. The van der Waals surface area contributed by atoms with Crippen molar-refractivity contribution in [2.24, 2.45) is 0 Å². The second-order valence-electron chi connectivity index (χ2n) is 16.3. The van der Waals surface area contributed by atoms with E-state index in [9.17, 15) is 0 Å². The van der Waals surface area contributed by atoms with E-state index in [0.717, 1.165) is 71.2 Å². The van der Waals surface area contributed by atoms with Gasteiger partial charge in [0.15, 0.2) is 0 Å². The van der Waals surface area contributed by atoms with Crippen LogP contribution in [0.1, 0.15) is 50.7 Å². The molecule has 0 atom stereocenters. The van der Waals surface area contributed by atoms with Crippen LogP contribution in [0.5, 0.6) is 0 Å². The number of anilines is 6. The molecule has 0 aliphatic heterocycles. The normalized spacial score (nSPS) is 11.7. The van der Waals surface area contributed by atoms with E-state index in [4.69, 9.17) is 0 Å². The summed E-state index contributed by atoms with van der Waals surface area (Å²) >= 11 is 0. The molecule has 0 saturated heterocycles. The molecule has 2 aromatic heterocycles. The quantitative estimate of drug-likeness (QED) is 0.102. The number of unbranched alkanes of at least 4 members (excludes halogenated alkanes) is 2. The molecule has 304 valence electrons. The van der Waals surface area contributed by atoms with Gasteiger partial charge in [-0.1, -0.05) is 136 Å². The highest BCUT2D eigenvalue weighted by atomic mass is 15.1. The maximum atomic E-state index is 2.49. The summed E-state index contributed by atoms with van der Waals surface area (Å²) in [6.45, 7) is 6.57. The summed E-state index contributed by atoms with van der Waals surface area (Å²) < 4.78 is 4.99. The summed E-state index contributed by atoms with van der Waals surface area (Å²) in [4.78, 5) is 4.73. The average molecular weight is 805 g/mol. The third-order valence-electron chi connectivity index (χ3n) is 12.3. The molecule has 2 heterocycles. The van der Waals surface area contributed by atoms with Gasteiger partial charge in [-0.15, -0.1) is 0 Å². The Morgan fingerprint density at radius 3 is 1.08 bits per heavy atom. The van der Waals surface area contributed by atoms with Crippen LogP contribution < -0.4 is 9.80 Å². The SMILES string of the molecule is CCCCn1c2ccccc2c2cc(N(c3ccccc3)c3ccc(/C=C/c4ccc(N(c5ccccc5)c5ccc6c(c5)c5ccccc5n6CCCC)cc4)cc3)ccc21. The van der Waals surface area contributed by atoms with Crippen molar-refractivity contribution >= 4 is 89.9 Å². The van der Waals surface area contributed by atoms with Crippen molar-refractivity contribution in [2.75, 3.05) is 9.80 Å². The zero-order chi connectivity index (χ0) is 41.8. The molecule has 62 heavy (non-hydrogen) atoms. The second kappa shape index (κ2) is 17.4. The van der Waals surface area contributed by atoms with E-state index in [1.807, 2.05) is 0 Å². The van der Waals surface area contributed by atoms with Gasteiger partial charge in [-0.25, -0.2) is 0 Å². The first-order chi connectivity index (χ1) is 30.7. The molecule has 10 rings (SSSR count). The molecular weight excluding hydrogens is 753 g/mol. The van der Waals surface area contributed by atoms with Crippen LogP contribution >= 0.6 is 0 Å². The molecule has 0 unspecified atom stereocenters. The molecule has 0 amide bonds. The van der Waals surface area contributed by atoms with Gasteiger partial charge in [0.25, 0.3) is 0 Å². The minimum absolute atomic E-state index is 1.02. The predicted octanol–water partition coefficient (Wildman–Crippen LogP) is 16.6. The molecule has 0 spiro atoms. The van der Waals surface area contributed by atoms with E-state index in [-0.39, 0.29) is 0 Å². The van der Waals surface area contributed by atoms with Gasteiger partial charge in [-0.05, 0) is 121 Å². The first kappa shape index (κ1) is 38.9. The largest absolute Gasteiger partial charge is 0.340 e. The fraction of sp³-hybridized carbons (Fsp3) is 0.138. The molecule has 8 aromatic carbocycles. The summed E-state index contributed by atoms with van der Waals surface area (Å²) in [5.41, 5.74) is 14.3. The predicted molar refractivity (Wildman–Crippen MR) is 267 cm³/mol. The Kier molecular flexibility index (Phi) is 10.9. The molecule has 4 heteroatoms. The zero-order valence-electron chi connectivity index (χ0n) is 35.7. The number of aryl methyl sites for hydroxylation is 2. The highest BCUT2D eigenvalue weighted by molar-refractivity contribution is 6.10. The Morgan fingerprint density at radius 1 is 0.339 bits per heavy atom. The number of nitrogens with zero attached hydrogens (tertiary/aromatic N) is 4. The van der Waals surface area contributed by atoms with Crippen molar-refractivity contribution in [2.45, 2.75) is 52.6 Å². The summed E-state index contributed by atoms with van der Waals surface area (Å²) in [5, 5.41) is 5.19. The Hall–Kier alpha value is -7.30. The van der Waals surface area contributed by atoms with E-state index in [2.05, 4.69) is 239 Å². The monoisotopic (exact) mass is 804 g/mol. The van der Waals surface area contributed by atoms with Gasteiger partial charge < -0.3 is 18.9 Å². The Morgan fingerprint density at radius 2 is 0.677 bits per heavy atom. The van der Waals surface area contributed by atoms with Gasteiger partial charge in [0.05, 0.1) is 0 Å². The molecular formula is C58H52N4. The lowest BCUT2D eigenvalue weighted by atomic mass is 10.1. The zero-order valence-corrected chi connectivity index (χ0v) is 35.7. The number of hydrogen-bond donors (Lipinski definition) is 0. The number of benzene rings is 8. The van der Waals surface area contributed by atoms with Crippen LogP contribution in [0.3, 0.4) is 0 Å². The molecule has 0 aliphatic carbocycles. The molecule has 0 N–H and O–H groups in total. The Labute approximate surface area is 365 Å². The maximum absolute atomic E-state index is 2.49. The third kappa shape index (κ3) is 7.43. The summed E-state index contributed by atoms with van der Waals surface area (Å²) in [7, 11) is 0. The van der Waals surface area contributed by atoms with Crippen LogP contribution in [-0.4, -0.2) is 9.13 Å². The highest BCUT2D eigenvalue weighted by Crippen LogP contribution is 2.41. The van der Waals surface area contributed by atoms with E-state index in [1.54, 1.807) is 0 Å². The minimum atomic E-state index is 1.02. The van der Waals surface area contributed by atoms with Crippen LogP contribution in [-0.2, 0) is 13.1 Å². The Bertz CT molecular complexity index is 2920. The third-order valence-corrected chi connectivity index (χ3v) is 12.3. The number of hydrogen-bond acceptors (Lipinski definition) is 2. The molecule has 0 saturated carbocycles. The van der Waals surface area contributed by atoms with Crippen molar-refractivity contribution in [3.05, 3.63) is 205 Å². The lowest BCUT2D eigenvalue weighted by Gasteiger charge is -2.26. The van der Waals surface area contributed by atoms with E-state index in [0.29, 0.717) is 0 Å². The molecule has 10 aromatic rings. The van der Waals surface area contributed by atoms with E-state index < -0.39 is 0 Å². The topological polar surface area (TPSA) is 16.3 Å². The van der Waals surface area contributed by atoms with E-state index in [1.165, 1.54) is 56.5 Å². The van der Waals surface area contributed by atoms with Gasteiger partial charge in [0.1, 0.15) is 0 Å². The molecule has 0 radical (unpaired) electrons. The van der Waals surface area contributed by atoms with Crippen LogP contribution in [0.2, 0.25) is 0 Å². The van der Waals surface area contributed by atoms with Crippen molar-refractivity contribution in [3.63, 3.8) is 0 Å². The number of rotatable bonds is 14. The fourth-order valence-electron chi connectivity index (χ4n) is 9.19. The van der Waals surface area contributed by atoms with Gasteiger partial charge in [-0.2, -0.15) is 0 Å². The maximum Gasteiger partial charge on any atom is 0.0492 e. The van der Waals surface area contributed by atoms with Crippen molar-refractivity contribution in [1.82, 2.24) is 9.13 Å². The minimum Gasteiger partial charge on any atom is -0.340 e. The lowest BCUT2D eigenvalue weighted by molar-refractivity contribution is 0.665. The fourth-order valence-corrected chi connectivity index (χ4v) is 9.19. The van der Waals surface area contributed by atoms with Crippen LogP contribution in [0.4, 0.5) is 34.1 Å². The van der Waals surface area contributed by atoms with Crippen molar-refractivity contribution in [1.29, 1.82) is 0 Å². The first-order valence-corrected chi connectivity index (χ1v) is 22.3. The van der Waals surface area contributed by atoms with Gasteiger partial charge in [0.2, 0.25) is 0 Å². The highest BCUT2D eigenvalue weighted by Gasteiger charge is 2.18.